The Morgan fingerprint density at radius 2 is 2.00 bits per heavy atom. The molecule has 0 aliphatic heterocycles. The Morgan fingerprint density at radius 3 is 2.62 bits per heavy atom. The molecule has 0 spiro atoms. The molecule has 0 amide bonds. The first-order valence-corrected chi connectivity index (χ1v) is 6.29. The van der Waals surface area contributed by atoms with Crippen molar-refractivity contribution in [1.82, 2.24) is 14.5 Å². The number of benzene rings is 1. The maximum Gasteiger partial charge on any atom is 0.209 e. The van der Waals surface area contributed by atoms with Crippen LogP contribution in [0.1, 0.15) is 16.1 Å². The summed E-state index contributed by atoms with van der Waals surface area (Å²) in [5.41, 5.74) is 1.67. The Balaban J connectivity index is 1.97. The van der Waals surface area contributed by atoms with E-state index in [4.69, 9.17) is 4.74 Å². The lowest BCUT2D eigenvalue weighted by Gasteiger charge is -2.06. The quantitative estimate of drug-likeness (QED) is 0.588. The highest BCUT2D eigenvalue weighted by Crippen LogP contribution is 2.18. The molecule has 0 aliphatic carbocycles. The van der Waals surface area contributed by atoms with Gasteiger partial charge in [-0.05, 0) is 36.4 Å². The summed E-state index contributed by atoms with van der Waals surface area (Å²) in [4.78, 5) is 13.3. The van der Waals surface area contributed by atoms with Gasteiger partial charge in [0.1, 0.15) is 5.75 Å². The van der Waals surface area contributed by atoms with E-state index in [1.54, 1.807) is 54.3 Å². The topological polar surface area (TPSA) is 69.3 Å². The molecule has 1 aromatic carbocycles. The van der Waals surface area contributed by atoms with Gasteiger partial charge in [0.2, 0.25) is 5.78 Å². The molecule has 2 heterocycles. The van der Waals surface area contributed by atoms with Crippen molar-refractivity contribution in [2.75, 3.05) is 7.11 Å². The van der Waals surface area contributed by atoms with E-state index in [1.807, 2.05) is 0 Å². The number of carbonyl (C=O) groups excluding carboxylic acids is 1. The summed E-state index contributed by atoms with van der Waals surface area (Å²) in [5, 5.41) is 12.9. The number of methoxy groups -OCH3 is 1. The number of hydrogen-bond donors (Lipinski definition) is 1. The number of rotatable bonds is 4. The van der Waals surface area contributed by atoms with E-state index < -0.39 is 0 Å². The van der Waals surface area contributed by atoms with E-state index in [-0.39, 0.29) is 5.78 Å². The SMILES string of the molecule is COc1ccc(C(=O)c2cccn2-c2cnn(O)c2)cc1. The highest BCUT2D eigenvalue weighted by molar-refractivity contribution is 6.08. The van der Waals surface area contributed by atoms with Gasteiger partial charge in [-0.25, -0.2) is 0 Å². The average Bonchev–Trinajstić information content (AvgIpc) is 3.15. The minimum Gasteiger partial charge on any atom is -0.497 e. The zero-order chi connectivity index (χ0) is 14.8. The molecule has 6 heteroatoms. The van der Waals surface area contributed by atoms with Gasteiger partial charge in [0.05, 0.1) is 30.9 Å². The molecule has 0 saturated heterocycles. The van der Waals surface area contributed by atoms with Gasteiger partial charge < -0.3 is 14.5 Å². The van der Waals surface area contributed by atoms with Crippen LogP contribution in [0.15, 0.2) is 55.0 Å². The van der Waals surface area contributed by atoms with Crippen LogP contribution in [0, 0.1) is 0 Å². The summed E-state index contributed by atoms with van der Waals surface area (Å²) in [6, 6.07) is 10.4. The van der Waals surface area contributed by atoms with Gasteiger partial charge in [0.25, 0.3) is 0 Å². The van der Waals surface area contributed by atoms with Gasteiger partial charge in [-0.15, -0.1) is 9.94 Å². The van der Waals surface area contributed by atoms with Crippen LogP contribution in [0.2, 0.25) is 0 Å². The van der Waals surface area contributed by atoms with Gasteiger partial charge in [-0.3, -0.25) is 4.79 Å². The fourth-order valence-electron chi connectivity index (χ4n) is 2.11. The van der Waals surface area contributed by atoms with Crippen molar-refractivity contribution in [2.45, 2.75) is 0 Å². The molecule has 106 valence electrons. The van der Waals surface area contributed by atoms with E-state index >= 15 is 0 Å². The molecule has 6 nitrogen and oxygen atoms in total. The summed E-state index contributed by atoms with van der Waals surface area (Å²) in [7, 11) is 1.58. The number of ketones is 1. The van der Waals surface area contributed by atoms with Crippen LogP contribution in [-0.2, 0) is 0 Å². The molecular formula is C15H13N3O3. The van der Waals surface area contributed by atoms with Crippen LogP contribution >= 0.6 is 0 Å². The maximum atomic E-state index is 12.6. The standard InChI is InChI=1S/C15H13N3O3/c1-21-13-6-4-11(5-7-13)15(19)14-3-2-8-17(14)12-9-16-18(20)10-12/h2-10,20H,1H3. The van der Waals surface area contributed by atoms with Crippen molar-refractivity contribution in [3.8, 4) is 11.4 Å². The van der Waals surface area contributed by atoms with Crippen molar-refractivity contribution < 1.29 is 14.7 Å². The van der Waals surface area contributed by atoms with E-state index in [0.717, 1.165) is 0 Å². The Morgan fingerprint density at radius 1 is 1.24 bits per heavy atom. The second-order valence-electron chi connectivity index (χ2n) is 4.44. The van der Waals surface area contributed by atoms with Crippen LogP contribution in [0.4, 0.5) is 0 Å². The van der Waals surface area contributed by atoms with Crippen molar-refractivity contribution in [3.63, 3.8) is 0 Å². The van der Waals surface area contributed by atoms with Gasteiger partial charge in [-0.2, -0.15) is 0 Å². The largest absolute Gasteiger partial charge is 0.497 e. The van der Waals surface area contributed by atoms with Gasteiger partial charge in [0, 0.05) is 11.8 Å². The summed E-state index contributed by atoms with van der Waals surface area (Å²) in [6.45, 7) is 0. The lowest BCUT2D eigenvalue weighted by Crippen LogP contribution is -2.08. The Hall–Kier alpha value is -3.02. The number of carbonyl (C=O) groups is 1. The number of hydrogen-bond acceptors (Lipinski definition) is 4. The van der Waals surface area contributed by atoms with E-state index in [2.05, 4.69) is 5.10 Å². The number of nitrogens with zero attached hydrogens (tertiary/aromatic N) is 3. The predicted octanol–water partition coefficient (Wildman–Crippen LogP) is 2.15. The van der Waals surface area contributed by atoms with Crippen LogP contribution in [0.3, 0.4) is 0 Å². The normalized spacial score (nSPS) is 10.5. The fraction of sp³-hybridized carbons (Fsp3) is 0.0667. The lowest BCUT2D eigenvalue weighted by molar-refractivity contribution is 0.103. The third-order valence-electron chi connectivity index (χ3n) is 3.17. The van der Waals surface area contributed by atoms with Gasteiger partial charge in [0.15, 0.2) is 0 Å². The molecule has 0 aliphatic rings. The molecule has 0 saturated carbocycles. The van der Waals surface area contributed by atoms with Gasteiger partial charge >= 0.3 is 0 Å². The monoisotopic (exact) mass is 283 g/mol. The maximum absolute atomic E-state index is 12.6. The minimum absolute atomic E-state index is 0.117. The van der Waals surface area contributed by atoms with Crippen LogP contribution in [0.5, 0.6) is 5.75 Å². The lowest BCUT2D eigenvalue weighted by atomic mass is 10.1. The van der Waals surface area contributed by atoms with Crippen LogP contribution in [0.25, 0.3) is 5.69 Å². The molecule has 3 aromatic rings. The molecule has 21 heavy (non-hydrogen) atoms. The molecule has 1 N–H and O–H groups in total. The molecule has 2 aromatic heterocycles. The summed E-state index contributed by atoms with van der Waals surface area (Å²) >= 11 is 0. The van der Waals surface area contributed by atoms with E-state index in [0.29, 0.717) is 27.5 Å². The first-order valence-electron chi connectivity index (χ1n) is 6.29. The Kier molecular flexibility index (Phi) is 3.19. The highest BCUT2D eigenvalue weighted by Gasteiger charge is 2.15. The highest BCUT2D eigenvalue weighted by atomic mass is 16.5. The molecule has 0 bridgehead atoms. The van der Waals surface area contributed by atoms with Crippen LogP contribution < -0.4 is 4.74 Å². The molecule has 3 rings (SSSR count). The van der Waals surface area contributed by atoms with Crippen molar-refractivity contribution in [1.29, 1.82) is 0 Å². The predicted molar refractivity (Wildman–Crippen MR) is 75.2 cm³/mol. The summed E-state index contributed by atoms with van der Waals surface area (Å²) in [6.07, 6.45) is 4.64. The van der Waals surface area contributed by atoms with Crippen molar-refractivity contribution in [2.24, 2.45) is 0 Å². The first-order chi connectivity index (χ1) is 10.2. The smallest absolute Gasteiger partial charge is 0.209 e. The number of ether oxygens (including phenoxy) is 1. The molecule has 0 radical (unpaired) electrons. The number of aromatic nitrogens is 3. The Labute approximate surface area is 120 Å². The Bertz CT molecular complexity index is 772. The zero-order valence-electron chi connectivity index (χ0n) is 11.3. The summed E-state index contributed by atoms with van der Waals surface area (Å²) < 4.78 is 6.75. The first kappa shape index (κ1) is 13.0. The zero-order valence-corrected chi connectivity index (χ0v) is 11.3. The molecule has 0 unspecified atom stereocenters. The van der Waals surface area contributed by atoms with Gasteiger partial charge in [-0.1, -0.05) is 0 Å². The second-order valence-corrected chi connectivity index (χ2v) is 4.44. The summed E-state index contributed by atoms with van der Waals surface area (Å²) in [5.74, 6) is 0.580. The third-order valence-corrected chi connectivity index (χ3v) is 3.17. The third kappa shape index (κ3) is 2.38. The molecule has 0 atom stereocenters. The van der Waals surface area contributed by atoms with Crippen molar-refractivity contribution >= 4 is 5.78 Å². The average molecular weight is 283 g/mol. The van der Waals surface area contributed by atoms with E-state index in [1.165, 1.54) is 12.4 Å². The molecular weight excluding hydrogens is 270 g/mol. The van der Waals surface area contributed by atoms with Crippen LogP contribution in [-0.4, -0.2) is 32.6 Å². The molecule has 0 fully saturated rings. The minimum atomic E-state index is -0.117. The second kappa shape index (κ2) is 5.16. The van der Waals surface area contributed by atoms with Crippen molar-refractivity contribution in [3.05, 3.63) is 66.2 Å². The van der Waals surface area contributed by atoms with E-state index in [9.17, 15) is 10.0 Å². The fourth-order valence-corrected chi connectivity index (χ4v) is 2.11.